The molecule has 94 valence electrons. The normalized spacial score (nSPS) is 10.6. The molecule has 2 rings (SSSR count). The van der Waals surface area contributed by atoms with E-state index in [1.165, 1.54) is 18.3 Å². The van der Waals surface area contributed by atoms with Gasteiger partial charge in [-0.3, -0.25) is 0 Å². The van der Waals surface area contributed by atoms with E-state index in [-0.39, 0.29) is 0 Å². The molecule has 0 amide bonds. The Morgan fingerprint density at radius 2 is 1.78 bits per heavy atom. The summed E-state index contributed by atoms with van der Waals surface area (Å²) in [5.74, 6) is 0.583. The molecule has 0 spiro atoms. The van der Waals surface area contributed by atoms with Gasteiger partial charge in [-0.15, -0.1) is 0 Å². The van der Waals surface area contributed by atoms with E-state index in [4.69, 9.17) is 5.73 Å². The third-order valence-electron chi connectivity index (χ3n) is 3.10. The zero-order valence-electron chi connectivity index (χ0n) is 11.0. The van der Waals surface area contributed by atoms with Crippen molar-refractivity contribution in [1.82, 2.24) is 9.97 Å². The van der Waals surface area contributed by atoms with Gasteiger partial charge in [0, 0.05) is 11.1 Å². The van der Waals surface area contributed by atoms with Crippen LogP contribution in [0.1, 0.15) is 31.4 Å². The number of hydrogen-bond donors (Lipinski definition) is 1. The molecular formula is C15H19N3. The number of aromatic nitrogens is 2. The molecule has 1 heterocycles. The van der Waals surface area contributed by atoms with Crippen LogP contribution in [0.4, 0.5) is 5.82 Å². The van der Waals surface area contributed by atoms with Crippen molar-refractivity contribution in [2.45, 2.75) is 33.1 Å². The van der Waals surface area contributed by atoms with Crippen LogP contribution in [0, 0.1) is 0 Å². The third-order valence-corrected chi connectivity index (χ3v) is 3.10. The lowest BCUT2D eigenvalue weighted by atomic mass is 10.0. The lowest BCUT2D eigenvalue weighted by Crippen LogP contribution is -2.01. The molecule has 1 aromatic carbocycles. The summed E-state index contributed by atoms with van der Waals surface area (Å²) in [7, 11) is 0. The van der Waals surface area contributed by atoms with E-state index in [1.807, 2.05) is 0 Å². The maximum atomic E-state index is 5.90. The molecule has 0 unspecified atom stereocenters. The number of nitrogen functional groups attached to an aromatic ring is 1. The second-order valence-electron chi connectivity index (χ2n) is 4.39. The third kappa shape index (κ3) is 2.50. The first-order valence-electron chi connectivity index (χ1n) is 6.44. The predicted molar refractivity (Wildman–Crippen MR) is 75.3 cm³/mol. The number of anilines is 1. The van der Waals surface area contributed by atoms with Gasteiger partial charge >= 0.3 is 0 Å². The fourth-order valence-corrected chi connectivity index (χ4v) is 2.14. The molecular weight excluding hydrogens is 222 g/mol. The van der Waals surface area contributed by atoms with Crippen LogP contribution < -0.4 is 5.73 Å². The minimum Gasteiger partial charge on any atom is -0.383 e. The van der Waals surface area contributed by atoms with Crippen LogP contribution >= 0.6 is 0 Å². The zero-order valence-corrected chi connectivity index (χ0v) is 11.0. The monoisotopic (exact) mass is 241 g/mol. The fourth-order valence-electron chi connectivity index (χ4n) is 2.14. The van der Waals surface area contributed by atoms with Crippen molar-refractivity contribution >= 4 is 5.82 Å². The molecule has 0 fully saturated rings. The van der Waals surface area contributed by atoms with Crippen LogP contribution in [0.25, 0.3) is 11.3 Å². The first-order chi connectivity index (χ1) is 8.76. The molecule has 0 aliphatic rings. The number of benzene rings is 1. The van der Waals surface area contributed by atoms with Crippen molar-refractivity contribution in [2.75, 3.05) is 5.73 Å². The van der Waals surface area contributed by atoms with Gasteiger partial charge in [-0.1, -0.05) is 44.5 Å². The largest absolute Gasteiger partial charge is 0.383 e. The highest BCUT2D eigenvalue weighted by molar-refractivity contribution is 5.67. The van der Waals surface area contributed by atoms with Crippen molar-refractivity contribution in [3.8, 4) is 11.3 Å². The minimum absolute atomic E-state index is 0.583. The van der Waals surface area contributed by atoms with Crippen LogP contribution in [-0.2, 0) is 12.8 Å². The SMILES string of the molecule is CCCc1ccc(-c2ncnc(N)c2CC)cc1. The maximum absolute atomic E-state index is 5.90. The standard InChI is InChI=1S/C15H19N3/c1-3-5-11-6-8-12(9-7-11)14-13(4-2)15(16)18-10-17-14/h6-10H,3-5H2,1-2H3,(H2,16,17,18). The topological polar surface area (TPSA) is 51.8 Å². The molecule has 0 radical (unpaired) electrons. The highest BCUT2D eigenvalue weighted by Gasteiger charge is 2.09. The van der Waals surface area contributed by atoms with Crippen molar-refractivity contribution < 1.29 is 0 Å². The summed E-state index contributed by atoms with van der Waals surface area (Å²) in [4.78, 5) is 8.41. The van der Waals surface area contributed by atoms with Gasteiger partial charge < -0.3 is 5.73 Å². The molecule has 0 aliphatic heterocycles. The van der Waals surface area contributed by atoms with Crippen LogP contribution in [0.3, 0.4) is 0 Å². The molecule has 1 aromatic heterocycles. The highest BCUT2D eigenvalue weighted by Crippen LogP contribution is 2.25. The summed E-state index contributed by atoms with van der Waals surface area (Å²) < 4.78 is 0. The van der Waals surface area contributed by atoms with E-state index in [2.05, 4.69) is 48.1 Å². The molecule has 18 heavy (non-hydrogen) atoms. The Kier molecular flexibility index (Phi) is 3.92. The van der Waals surface area contributed by atoms with E-state index in [1.54, 1.807) is 0 Å². The average Bonchev–Trinajstić information content (AvgIpc) is 2.40. The maximum Gasteiger partial charge on any atom is 0.130 e. The van der Waals surface area contributed by atoms with Gasteiger partial charge in [-0.2, -0.15) is 0 Å². The van der Waals surface area contributed by atoms with Crippen molar-refractivity contribution in [3.05, 3.63) is 41.7 Å². The van der Waals surface area contributed by atoms with Crippen LogP contribution in [0.15, 0.2) is 30.6 Å². The van der Waals surface area contributed by atoms with E-state index < -0.39 is 0 Å². The summed E-state index contributed by atoms with van der Waals surface area (Å²) in [5, 5.41) is 0. The smallest absolute Gasteiger partial charge is 0.130 e. The predicted octanol–water partition coefficient (Wildman–Crippen LogP) is 3.24. The van der Waals surface area contributed by atoms with Crippen LogP contribution in [-0.4, -0.2) is 9.97 Å². The Labute approximate surface area is 108 Å². The molecule has 0 saturated carbocycles. The Bertz CT molecular complexity index is 518. The molecule has 0 bridgehead atoms. The first-order valence-corrected chi connectivity index (χ1v) is 6.44. The average molecular weight is 241 g/mol. The molecule has 2 N–H and O–H groups in total. The molecule has 0 saturated heterocycles. The molecule has 3 nitrogen and oxygen atoms in total. The number of hydrogen-bond acceptors (Lipinski definition) is 3. The molecule has 0 aliphatic carbocycles. The summed E-state index contributed by atoms with van der Waals surface area (Å²) in [6.07, 6.45) is 4.66. The number of nitrogens with zero attached hydrogens (tertiary/aromatic N) is 2. The molecule has 2 aromatic rings. The summed E-state index contributed by atoms with van der Waals surface area (Å²) >= 11 is 0. The van der Waals surface area contributed by atoms with Gasteiger partial charge in [0.1, 0.15) is 12.1 Å². The summed E-state index contributed by atoms with van der Waals surface area (Å²) in [5.41, 5.74) is 10.4. The van der Waals surface area contributed by atoms with E-state index in [0.717, 1.165) is 29.7 Å². The Morgan fingerprint density at radius 1 is 1.06 bits per heavy atom. The van der Waals surface area contributed by atoms with E-state index in [9.17, 15) is 0 Å². The van der Waals surface area contributed by atoms with Crippen molar-refractivity contribution in [1.29, 1.82) is 0 Å². The fraction of sp³-hybridized carbons (Fsp3) is 0.333. The molecule has 3 heteroatoms. The van der Waals surface area contributed by atoms with Gasteiger partial charge in [-0.25, -0.2) is 9.97 Å². The van der Waals surface area contributed by atoms with Crippen molar-refractivity contribution in [2.24, 2.45) is 0 Å². The Balaban J connectivity index is 2.39. The quantitative estimate of drug-likeness (QED) is 0.894. The van der Waals surface area contributed by atoms with E-state index >= 15 is 0 Å². The first kappa shape index (κ1) is 12.6. The highest BCUT2D eigenvalue weighted by atomic mass is 14.9. The second-order valence-corrected chi connectivity index (χ2v) is 4.39. The van der Waals surface area contributed by atoms with Crippen LogP contribution in [0.2, 0.25) is 0 Å². The number of rotatable bonds is 4. The minimum atomic E-state index is 0.583. The van der Waals surface area contributed by atoms with Gasteiger partial charge in [0.25, 0.3) is 0 Å². The second kappa shape index (κ2) is 5.63. The van der Waals surface area contributed by atoms with Gasteiger partial charge in [0.05, 0.1) is 5.69 Å². The zero-order chi connectivity index (χ0) is 13.0. The number of aryl methyl sites for hydroxylation is 1. The van der Waals surface area contributed by atoms with E-state index in [0.29, 0.717) is 5.82 Å². The lowest BCUT2D eigenvalue weighted by Gasteiger charge is -2.09. The van der Waals surface area contributed by atoms with Gasteiger partial charge in [-0.05, 0) is 18.4 Å². The van der Waals surface area contributed by atoms with Gasteiger partial charge in [0.15, 0.2) is 0 Å². The summed E-state index contributed by atoms with van der Waals surface area (Å²) in [6, 6.07) is 8.56. The molecule has 0 atom stereocenters. The lowest BCUT2D eigenvalue weighted by molar-refractivity contribution is 0.922. The van der Waals surface area contributed by atoms with Gasteiger partial charge in [0.2, 0.25) is 0 Å². The number of nitrogens with two attached hydrogens (primary N) is 1. The van der Waals surface area contributed by atoms with Crippen molar-refractivity contribution in [3.63, 3.8) is 0 Å². The van der Waals surface area contributed by atoms with Crippen LogP contribution in [0.5, 0.6) is 0 Å². The Morgan fingerprint density at radius 3 is 2.39 bits per heavy atom. The Hall–Kier alpha value is -1.90. The summed E-state index contributed by atoms with van der Waals surface area (Å²) in [6.45, 7) is 4.26.